The summed E-state index contributed by atoms with van der Waals surface area (Å²) in [5.74, 6) is 0.513. The average molecular weight is 474 g/mol. The van der Waals surface area contributed by atoms with Crippen molar-refractivity contribution in [3.05, 3.63) is 50.5 Å². The van der Waals surface area contributed by atoms with E-state index in [1.807, 2.05) is 32.0 Å². The summed E-state index contributed by atoms with van der Waals surface area (Å²) in [5.41, 5.74) is 6.66. The number of fused-ring (bicyclic) bond motifs is 3. The molecular formula is C19H19IN6O. The van der Waals surface area contributed by atoms with Crippen LogP contribution in [0.1, 0.15) is 22.5 Å². The van der Waals surface area contributed by atoms with Crippen LogP contribution in [0, 0.1) is 17.4 Å². The lowest BCUT2D eigenvalue weighted by Gasteiger charge is -2.11. The Bertz CT molecular complexity index is 1010. The molecule has 0 unspecified atom stereocenters. The number of aromatic amines is 1. The van der Waals surface area contributed by atoms with Crippen LogP contribution >= 0.6 is 22.6 Å². The van der Waals surface area contributed by atoms with Gasteiger partial charge in [-0.05, 0) is 66.6 Å². The van der Waals surface area contributed by atoms with Crippen molar-refractivity contribution in [3.8, 4) is 11.3 Å². The van der Waals surface area contributed by atoms with Crippen LogP contribution in [0.3, 0.4) is 0 Å². The Kier molecular flexibility index (Phi) is 4.81. The van der Waals surface area contributed by atoms with Gasteiger partial charge < -0.3 is 10.6 Å². The lowest BCUT2D eigenvalue weighted by molar-refractivity contribution is -0.115. The van der Waals surface area contributed by atoms with E-state index in [1.54, 1.807) is 6.20 Å². The van der Waals surface area contributed by atoms with E-state index < -0.39 is 0 Å². The first-order valence-electron chi connectivity index (χ1n) is 8.71. The standard InChI is InChI=1S/C19H19IN6O/c1-10-14(11(2)26-25-10)5-6-21-19-22-9-12-7-17(27)23-16-8-13(20)3-4-15(16)18(12)24-19/h3-4,8-9H,5-7H2,1-2H3,(H,23,27)(H,25,26)(H,21,22,24). The summed E-state index contributed by atoms with van der Waals surface area (Å²) in [4.78, 5) is 21.3. The van der Waals surface area contributed by atoms with Crippen molar-refractivity contribution in [3.63, 3.8) is 0 Å². The first kappa shape index (κ1) is 17.9. The Morgan fingerprint density at radius 2 is 2.15 bits per heavy atom. The van der Waals surface area contributed by atoms with Crippen LogP contribution in [0.5, 0.6) is 0 Å². The van der Waals surface area contributed by atoms with Crippen LogP contribution in [0.2, 0.25) is 0 Å². The molecule has 0 atom stereocenters. The number of benzene rings is 1. The van der Waals surface area contributed by atoms with Gasteiger partial charge in [0.05, 0.1) is 23.5 Å². The second kappa shape index (κ2) is 7.26. The van der Waals surface area contributed by atoms with E-state index in [0.29, 0.717) is 12.5 Å². The van der Waals surface area contributed by atoms with E-state index >= 15 is 0 Å². The zero-order chi connectivity index (χ0) is 19.0. The molecule has 1 aliphatic heterocycles. The van der Waals surface area contributed by atoms with E-state index in [9.17, 15) is 4.79 Å². The molecule has 0 radical (unpaired) electrons. The number of nitrogens with one attached hydrogen (secondary N) is 3. The van der Waals surface area contributed by atoms with Crippen molar-refractivity contribution < 1.29 is 4.79 Å². The fourth-order valence-electron chi connectivity index (χ4n) is 3.29. The summed E-state index contributed by atoms with van der Waals surface area (Å²) in [5, 5.41) is 13.5. The molecule has 0 fully saturated rings. The Hall–Kier alpha value is -2.49. The number of carbonyl (C=O) groups excluding carboxylic acids is 1. The molecule has 138 valence electrons. The first-order chi connectivity index (χ1) is 13.0. The van der Waals surface area contributed by atoms with Gasteiger partial charge in [0.2, 0.25) is 11.9 Å². The number of rotatable bonds is 4. The molecule has 0 saturated heterocycles. The third kappa shape index (κ3) is 3.66. The minimum atomic E-state index is -0.0489. The summed E-state index contributed by atoms with van der Waals surface area (Å²) < 4.78 is 1.06. The Morgan fingerprint density at radius 3 is 2.93 bits per heavy atom. The molecule has 1 aromatic carbocycles. The van der Waals surface area contributed by atoms with Crippen LogP contribution in [0.4, 0.5) is 11.6 Å². The van der Waals surface area contributed by atoms with Crippen LogP contribution in [0.15, 0.2) is 24.4 Å². The SMILES string of the molecule is Cc1n[nH]c(C)c1CCNc1ncc2c(n1)-c1ccc(I)cc1NC(=O)C2. The maximum atomic E-state index is 12.2. The summed E-state index contributed by atoms with van der Waals surface area (Å²) in [6.45, 7) is 4.73. The number of carbonyl (C=O) groups is 1. The molecule has 27 heavy (non-hydrogen) atoms. The summed E-state index contributed by atoms with van der Waals surface area (Å²) in [6, 6.07) is 5.97. The molecule has 0 spiro atoms. The van der Waals surface area contributed by atoms with E-state index in [1.165, 1.54) is 5.56 Å². The number of H-pyrrole nitrogens is 1. The maximum absolute atomic E-state index is 12.2. The van der Waals surface area contributed by atoms with Crippen LogP contribution < -0.4 is 10.6 Å². The van der Waals surface area contributed by atoms with Crippen molar-refractivity contribution in [2.45, 2.75) is 26.7 Å². The molecule has 1 aliphatic rings. The number of amides is 1. The van der Waals surface area contributed by atoms with Crippen molar-refractivity contribution in [1.82, 2.24) is 20.2 Å². The smallest absolute Gasteiger partial charge is 0.228 e. The van der Waals surface area contributed by atoms with Gasteiger partial charge in [-0.1, -0.05) is 0 Å². The van der Waals surface area contributed by atoms with E-state index in [-0.39, 0.29) is 12.3 Å². The van der Waals surface area contributed by atoms with Crippen LogP contribution in [-0.4, -0.2) is 32.6 Å². The van der Waals surface area contributed by atoms with E-state index in [0.717, 1.165) is 43.9 Å². The zero-order valence-electron chi connectivity index (χ0n) is 15.1. The fourth-order valence-corrected chi connectivity index (χ4v) is 3.78. The highest BCUT2D eigenvalue weighted by Crippen LogP contribution is 2.33. The van der Waals surface area contributed by atoms with Gasteiger partial charge >= 0.3 is 0 Å². The predicted octanol–water partition coefficient (Wildman–Crippen LogP) is 3.24. The predicted molar refractivity (Wildman–Crippen MR) is 113 cm³/mol. The van der Waals surface area contributed by atoms with Crippen molar-refractivity contribution in [1.29, 1.82) is 0 Å². The third-order valence-electron chi connectivity index (χ3n) is 4.67. The van der Waals surface area contributed by atoms with Crippen LogP contribution in [-0.2, 0) is 17.6 Å². The summed E-state index contributed by atoms with van der Waals surface area (Å²) in [6.07, 6.45) is 2.85. The Balaban J connectivity index is 1.59. The minimum absolute atomic E-state index is 0.0489. The number of hydrogen-bond donors (Lipinski definition) is 3. The lowest BCUT2D eigenvalue weighted by Crippen LogP contribution is -2.13. The molecule has 7 nitrogen and oxygen atoms in total. The highest BCUT2D eigenvalue weighted by Gasteiger charge is 2.21. The molecule has 0 aliphatic carbocycles. The Labute approximate surface area is 170 Å². The molecule has 3 N–H and O–H groups in total. The second-order valence-electron chi connectivity index (χ2n) is 6.57. The van der Waals surface area contributed by atoms with Crippen LogP contribution in [0.25, 0.3) is 11.3 Å². The quantitative estimate of drug-likeness (QED) is 0.505. The maximum Gasteiger partial charge on any atom is 0.228 e. The van der Waals surface area contributed by atoms with Gasteiger partial charge in [0.15, 0.2) is 0 Å². The largest absolute Gasteiger partial charge is 0.354 e. The topological polar surface area (TPSA) is 95.6 Å². The van der Waals surface area contributed by atoms with Crippen molar-refractivity contribution in [2.24, 2.45) is 0 Å². The van der Waals surface area contributed by atoms with Gasteiger partial charge in [-0.3, -0.25) is 9.89 Å². The van der Waals surface area contributed by atoms with Gasteiger partial charge in [-0.2, -0.15) is 5.10 Å². The van der Waals surface area contributed by atoms with Gasteiger partial charge in [0.1, 0.15) is 0 Å². The number of hydrogen-bond acceptors (Lipinski definition) is 5. The van der Waals surface area contributed by atoms with Gasteiger partial charge in [0.25, 0.3) is 0 Å². The van der Waals surface area contributed by atoms with Crippen molar-refractivity contribution in [2.75, 3.05) is 17.2 Å². The fraction of sp³-hybridized carbons (Fsp3) is 0.263. The monoisotopic (exact) mass is 474 g/mol. The van der Waals surface area contributed by atoms with Gasteiger partial charge in [0, 0.05) is 33.1 Å². The van der Waals surface area contributed by atoms with E-state index in [2.05, 4.69) is 48.4 Å². The van der Waals surface area contributed by atoms with E-state index in [4.69, 9.17) is 4.98 Å². The number of aryl methyl sites for hydroxylation is 2. The molecule has 3 aromatic rings. The van der Waals surface area contributed by atoms with Crippen molar-refractivity contribution >= 4 is 40.1 Å². The molecule has 8 heteroatoms. The molecule has 0 bridgehead atoms. The number of halogens is 1. The highest BCUT2D eigenvalue weighted by molar-refractivity contribution is 14.1. The zero-order valence-corrected chi connectivity index (χ0v) is 17.2. The normalized spacial score (nSPS) is 12.8. The summed E-state index contributed by atoms with van der Waals surface area (Å²) >= 11 is 2.24. The van der Waals surface area contributed by atoms with Gasteiger partial charge in [-0.25, -0.2) is 9.97 Å². The lowest BCUT2D eigenvalue weighted by atomic mass is 10.1. The molecular weight excluding hydrogens is 455 g/mol. The molecule has 3 heterocycles. The van der Waals surface area contributed by atoms with Gasteiger partial charge in [-0.15, -0.1) is 0 Å². The number of anilines is 2. The first-order valence-corrected chi connectivity index (χ1v) is 9.79. The number of aromatic nitrogens is 4. The number of nitrogens with zero attached hydrogens (tertiary/aromatic N) is 3. The Morgan fingerprint density at radius 1 is 1.30 bits per heavy atom. The minimum Gasteiger partial charge on any atom is -0.354 e. The molecule has 2 aromatic heterocycles. The molecule has 4 rings (SSSR count). The second-order valence-corrected chi connectivity index (χ2v) is 7.82. The summed E-state index contributed by atoms with van der Waals surface area (Å²) in [7, 11) is 0. The third-order valence-corrected chi connectivity index (χ3v) is 5.34. The average Bonchev–Trinajstić information content (AvgIpc) is 2.87. The molecule has 0 saturated carbocycles. The molecule has 1 amide bonds. The highest BCUT2D eigenvalue weighted by atomic mass is 127.